The number of barbiturate groups is 1. The van der Waals surface area contributed by atoms with Gasteiger partial charge in [-0.1, -0.05) is 35.9 Å². The van der Waals surface area contributed by atoms with Gasteiger partial charge in [-0.15, -0.1) is 0 Å². The maximum Gasteiger partial charge on any atom is 0.335 e. The first-order valence-corrected chi connectivity index (χ1v) is 11.9. The second kappa shape index (κ2) is 11.2. The van der Waals surface area contributed by atoms with Gasteiger partial charge in [0.05, 0.1) is 15.6 Å². The molecule has 0 saturated carbocycles. The van der Waals surface area contributed by atoms with Crippen molar-refractivity contribution in [3.05, 3.63) is 98.1 Å². The van der Waals surface area contributed by atoms with Crippen molar-refractivity contribution in [2.75, 3.05) is 16.8 Å². The lowest BCUT2D eigenvalue weighted by Gasteiger charge is -2.26. The number of nitrogens with zero attached hydrogens (tertiary/aromatic N) is 2. The Labute approximate surface area is 227 Å². The minimum Gasteiger partial charge on any atom is -0.482 e. The van der Waals surface area contributed by atoms with Gasteiger partial charge in [0.25, 0.3) is 23.4 Å². The average Bonchev–Trinajstić information content (AvgIpc) is 2.88. The Morgan fingerprint density at radius 1 is 1.10 bits per heavy atom. The standard InChI is InChI=1S/C27H21ClN4O7/c1-15-6-7-16(2)22(10-15)29-24(33)14-39-23-9-8-17(12-21(23)28)11-20-25(34)30-27(36)31(26(20)35)18-4-3-5-19(13-18)32(37)38/h3-13H,14H2,1-2H3,(H,29,33)(H,30,34,36)/b20-11-. The van der Waals surface area contributed by atoms with Crippen molar-refractivity contribution < 1.29 is 28.8 Å². The van der Waals surface area contributed by atoms with E-state index >= 15 is 0 Å². The van der Waals surface area contributed by atoms with Gasteiger partial charge in [0, 0.05) is 17.8 Å². The molecule has 3 aromatic rings. The van der Waals surface area contributed by atoms with Gasteiger partial charge in [0.1, 0.15) is 11.3 Å². The molecule has 1 saturated heterocycles. The molecule has 1 heterocycles. The molecule has 4 rings (SSSR count). The van der Waals surface area contributed by atoms with Crippen LogP contribution in [-0.4, -0.2) is 35.3 Å². The third-order valence-corrected chi connectivity index (χ3v) is 5.99. The molecule has 0 spiro atoms. The normalized spacial score (nSPS) is 14.3. The van der Waals surface area contributed by atoms with Crippen LogP contribution in [0.15, 0.2) is 66.2 Å². The van der Waals surface area contributed by atoms with Crippen LogP contribution in [0, 0.1) is 24.0 Å². The van der Waals surface area contributed by atoms with Crippen LogP contribution in [0.3, 0.4) is 0 Å². The van der Waals surface area contributed by atoms with Crippen molar-refractivity contribution in [1.82, 2.24) is 5.32 Å². The first-order chi connectivity index (χ1) is 18.5. The number of anilines is 2. The van der Waals surface area contributed by atoms with Gasteiger partial charge in [-0.2, -0.15) is 0 Å². The molecule has 1 aliphatic rings. The summed E-state index contributed by atoms with van der Waals surface area (Å²) in [5.74, 6) is -2.10. The van der Waals surface area contributed by atoms with Crippen molar-refractivity contribution in [2.24, 2.45) is 0 Å². The summed E-state index contributed by atoms with van der Waals surface area (Å²) in [4.78, 5) is 61.3. The largest absolute Gasteiger partial charge is 0.482 e. The number of carbonyl (C=O) groups excluding carboxylic acids is 4. The molecule has 0 bridgehead atoms. The molecule has 3 aromatic carbocycles. The minimum absolute atomic E-state index is 0.0778. The number of urea groups is 1. The lowest BCUT2D eigenvalue weighted by molar-refractivity contribution is -0.384. The summed E-state index contributed by atoms with van der Waals surface area (Å²) in [6.07, 6.45) is 1.22. The predicted molar refractivity (Wildman–Crippen MR) is 144 cm³/mol. The Balaban J connectivity index is 1.50. The SMILES string of the molecule is Cc1ccc(C)c(NC(=O)COc2ccc(/C=C3/C(=O)NC(=O)N(c4cccc([N+](=O)[O-])c4)C3=O)cc2Cl)c1. The number of nitro groups is 1. The van der Waals surface area contributed by atoms with Crippen LogP contribution >= 0.6 is 11.6 Å². The van der Waals surface area contributed by atoms with Crippen LogP contribution in [0.2, 0.25) is 5.02 Å². The van der Waals surface area contributed by atoms with Gasteiger partial charge in [0.2, 0.25) is 0 Å². The highest BCUT2D eigenvalue weighted by atomic mass is 35.5. The number of amides is 5. The molecule has 198 valence electrons. The quantitative estimate of drug-likeness (QED) is 0.190. The number of nitro benzene ring substituents is 1. The fraction of sp³-hybridized carbons (Fsp3) is 0.111. The number of hydrogen-bond donors (Lipinski definition) is 2. The van der Waals surface area contributed by atoms with Gasteiger partial charge in [0.15, 0.2) is 6.61 Å². The molecule has 0 aliphatic carbocycles. The third kappa shape index (κ3) is 6.11. The number of non-ortho nitro benzene ring substituents is 1. The number of rotatable bonds is 7. The molecule has 12 heteroatoms. The summed E-state index contributed by atoms with van der Waals surface area (Å²) in [5.41, 5.74) is 2.10. The fourth-order valence-electron chi connectivity index (χ4n) is 3.73. The zero-order chi connectivity index (χ0) is 28.3. The lowest BCUT2D eigenvalue weighted by atomic mass is 10.1. The Hall–Kier alpha value is -5.03. The molecule has 0 aromatic heterocycles. The summed E-state index contributed by atoms with van der Waals surface area (Å²) >= 11 is 6.30. The Kier molecular flexibility index (Phi) is 7.73. The highest BCUT2D eigenvalue weighted by Crippen LogP contribution is 2.29. The number of imide groups is 2. The van der Waals surface area contributed by atoms with E-state index in [9.17, 15) is 29.3 Å². The van der Waals surface area contributed by atoms with Crippen molar-refractivity contribution in [3.63, 3.8) is 0 Å². The maximum absolute atomic E-state index is 13.1. The summed E-state index contributed by atoms with van der Waals surface area (Å²) in [6, 6.07) is 13.9. The van der Waals surface area contributed by atoms with Crippen LogP contribution < -0.4 is 20.3 Å². The lowest BCUT2D eigenvalue weighted by Crippen LogP contribution is -2.54. The minimum atomic E-state index is -1.04. The Morgan fingerprint density at radius 2 is 1.87 bits per heavy atom. The van der Waals surface area contributed by atoms with Crippen molar-refractivity contribution in [3.8, 4) is 5.75 Å². The Bertz CT molecular complexity index is 1570. The molecule has 0 radical (unpaired) electrons. The second-order valence-electron chi connectivity index (χ2n) is 8.58. The molecule has 1 fully saturated rings. The van der Waals surface area contributed by atoms with Crippen LogP contribution in [0.5, 0.6) is 5.75 Å². The molecule has 5 amide bonds. The first kappa shape index (κ1) is 27.0. The molecular formula is C27H21ClN4O7. The highest BCUT2D eigenvalue weighted by molar-refractivity contribution is 6.39. The number of benzene rings is 3. The topological polar surface area (TPSA) is 148 Å². The van der Waals surface area contributed by atoms with Gasteiger partial charge in [-0.05, 0) is 60.9 Å². The number of ether oxygens (including phenoxy) is 1. The molecule has 0 atom stereocenters. The van der Waals surface area contributed by atoms with E-state index in [2.05, 4.69) is 10.6 Å². The number of halogens is 1. The average molecular weight is 549 g/mol. The number of carbonyl (C=O) groups is 4. The van der Waals surface area contributed by atoms with E-state index in [0.29, 0.717) is 16.2 Å². The van der Waals surface area contributed by atoms with Gasteiger partial charge >= 0.3 is 6.03 Å². The van der Waals surface area contributed by atoms with Gasteiger partial charge in [-0.3, -0.25) is 29.8 Å². The van der Waals surface area contributed by atoms with Crippen LogP contribution in [-0.2, 0) is 14.4 Å². The monoisotopic (exact) mass is 548 g/mol. The third-order valence-electron chi connectivity index (χ3n) is 5.69. The molecule has 11 nitrogen and oxygen atoms in total. The number of hydrogen-bond acceptors (Lipinski definition) is 7. The summed E-state index contributed by atoms with van der Waals surface area (Å²) in [7, 11) is 0. The zero-order valence-electron chi connectivity index (χ0n) is 20.7. The van der Waals surface area contributed by atoms with Crippen LogP contribution in [0.4, 0.5) is 21.9 Å². The van der Waals surface area contributed by atoms with E-state index in [0.717, 1.165) is 17.2 Å². The van der Waals surface area contributed by atoms with E-state index in [1.165, 1.54) is 42.5 Å². The van der Waals surface area contributed by atoms with E-state index < -0.39 is 28.3 Å². The van der Waals surface area contributed by atoms with Crippen LogP contribution in [0.25, 0.3) is 6.08 Å². The molecule has 1 aliphatic heterocycles. The maximum atomic E-state index is 13.1. The Morgan fingerprint density at radius 3 is 2.59 bits per heavy atom. The fourth-order valence-corrected chi connectivity index (χ4v) is 3.97. The van der Waals surface area contributed by atoms with Crippen molar-refractivity contribution in [2.45, 2.75) is 13.8 Å². The molecule has 2 N–H and O–H groups in total. The summed E-state index contributed by atoms with van der Waals surface area (Å²) < 4.78 is 5.53. The predicted octanol–water partition coefficient (Wildman–Crippen LogP) is 4.55. The molecular weight excluding hydrogens is 528 g/mol. The smallest absolute Gasteiger partial charge is 0.335 e. The van der Waals surface area contributed by atoms with E-state index in [1.807, 2.05) is 32.0 Å². The van der Waals surface area contributed by atoms with Crippen LogP contribution in [0.1, 0.15) is 16.7 Å². The van der Waals surface area contributed by atoms with E-state index in [-0.39, 0.29) is 34.7 Å². The highest BCUT2D eigenvalue weighted by Gasteiger charge is 2.37. The zero-order valence-corrected chi connectivity index (χ0v) is 21.4. The molecule has 0 unspecified atom stereocenters. The van der Waals surface area contributed by atoms with Gasteiger partial charge < -0.3 is 10.1 Å². The van der Waals surface area contributed by atoms with E-state index in [4.69, 9.17) is 16.3 Å². The second-order valence-corrected chi connectivity index (χ2v) is 8.99. The number of aryl methyl sites for hydroxylation is 2. The summed E-state index contributed by atoms with van der Waals surface area (Å²) in [6.45, 7) is 3.47. The summed E-state index contributed by atoms with van der Waals surface area (Å²) in [5, 5.41) is 16.0. The number of nitrogens with one attached hydrogen (secondary N) is 2. The first-order valence-electron chi connectivity index (χ1n) is 11.5. The van der Waals surface area contributed by atoms with Crippen molar-refractivity contribution in [1.29, 1.82) is 0 Å². The van der Waals surface area contributed by atoms with E-state index in [1.54, 1.807) is 0 Å². The molecule has 39 heavy (non-hydrogen) atoms. The van der Waals surface area contributed by atoms with Gasteiger partial charge in [-0.25, -0.2) is 9.69 Å². The van der Waals surface area contributed by atoms with Crippen molar-refractivity contribution >= 4 is 58.5 Å².